The zero-order valence-corrected chi connectivity index (χ0v) is 14.7. The number of nitrogens with zero attached hydrogens (tertiary/aromatic N) is 2. The van der Waals surface area contributed by atoms with E-state index in [0.29, 0.717) is 5.69 Å². The summed E-state index contributed by atoms with van der Waals surface area (Å²) < 4.78 is 2.27. The number of para-hydroxylation sites is 1. The first-order valence-electron chi connectivity index (χ1n) is 8.51. The van der Waals surface area contributed by atoms with Crippen LogP contribution in [-0.2, 0) is 5.41 Å². The maximum Gasteiger partial charge on any atom is 0.197 e. The number of hydrogen-bond donors (Lipinski definition) is 0. The van der Waals surface area contributed by atoms with Gasteiger partial charge in [0.2, 0.25) is 0 Å². The number of rotatable bonds is 1. The lowest BCUT2D eigenvalue weighted by Crippen LogP contribution is -2.11. The first kappa shape index (κ1) is 15.5. The van der Waals surface area contributed by atoms with Crippen LogP contribution in [0.4, 0.5) is 5.69 Å². The van der Waals surface area contributed by atoms with E-state index in [9.17, 15) is 0 Å². The molecule has 4 aromatic rings. The van der Waals surface area contributed by atoms with Crippen molar-refractivity contribution in [3.63, 3.8) is 0 Å². The lowest BCUT2D eigenvalue weighted by atomic mass is 9.87. The van der Waals surface area contributed by atoms with Gasteiger partial charge in [-0.3, -0.25) is 0 Å². The van der Waals surface area contributed by atoms with Crippen molar-refractivity contribution in [1.29, 1.82) is 0 Å². The van der Waals surface area contributed by atoms with Crippen molar-refractivity contribution in [2.45, 2.75) is 26.2 Å². The Balaban J connectivity index is 2.14. The Hall–Kier alpha value is -3.05. The summed E-state index contributed by atoms with van der Waals surface area (Å²) in [6, 6.07) is 23.0. The Bertz CT molecular complexity index is 1130. The molecular formula is C23H20N2. The van der Waals surface area contributed by atoms with Crippen LogP contribution >= 0.6 is 0 Å². The summed E-state index contributed by atoms with van der Waals surface area (Å²) in [5.41, 5.74) is 5.47. The second-order valence-electron chi connectivity index (χ2n) is 7.44. The van der Waals surface area contributed by atoms with Gasteiger partial charge in [0.05, 0.1) is 12.1 Å². The molecule has 2 nitrogen and oxygen atoms in total. The van der Waals surface area contributed by atoms with Gasteiger partial charge in [-0.1, -0.05) is 63.2 Å². The Morgan fingerprint density at radius 2 is 1.56 bits per heavy atom. The molecule has 0 saturated carbocycles. The highest BCUT2D eigenvalue weighted by Gasteiger charge is 2.17. The fourth-order valence-electron chi connectivity index (χ4n) is 3.48. The molecule has 1 aromatic heterocycles. The van der Waals surface area contributed by atoms with Gasteiger partial charge in [-0.15, -0.1) is 0 Å². The molecule has 25 heavy (non-hydrogen) atoms. The number of fused-ring (bicyclic) bond motifs is 3. The van der Waals surface area contributed by atoms with Crippen LogP contribution in [-0.4, -0.2) is 4.57 Å². The molecule has 0 bridgehead atoms. The van der Waals surface area contributed by atoms with Crippen molar-refractivity contribution in [3.8, 4) is 5.69 Å². The van der Waals surface area contributed by atoms with Gasteiger partial charge in [0.25, 0.3) is 0 Å². The van der Waals surface area contributed by atoms with Gasteiger partial charge in [-0.2, -0.15) is 0 Å². The third-order valence-corrected chi connectivity index (χ3v) is 4.77. The Kier molecular flexibility index (Phi) is 3.40. The van der Waals surface area contributed by atoms with E-state index in [1.807, 2.05) is 18.2 Å². The average Bonchev–Trinajstić information content (AvgIpc) is 2.95. The minimum Gasteiger partial charge on any atom is -0.311 e. The molecular weight excluding hydrogens is 304 g/mol. The lowest BCUT2D eigenvalue weighted by molar-refractivity contribution is 0.590. The minimum atomic E-state index is 0.0937. The first-order valence-corrected chi connectivity index (χ1v) is 8.51. The fourth-order valence-corrected chi connectivity index (χ4v) is 3.48. The third kappa shape index (κ3) is 2.40. The van der Waals surface area contributed by atoms with Gasteiger partial charge >= 0.3 is 0 Å². The minimum absolute atomic E-state index is 0.0937. The summed E-state index contributed by atoms with van der Waals surface area (Å²) in [4.78, 5) is 3.75. The zero-order valence-electron chi connectivity index (χ0n) is 14.7. The molecule has 0 aliphatic carbocycles. The summed E-state index contributed by atoms with van der Waals surface area (Å²) in [5, 5.41) is 2.17. The first-order chi connectivity index (χ1) is 12.0. The van der Waals surface area contributed by atoms with Crippen molar-refractivity contribution in [2.24, 2.45) is 0 Å². The molecule has 0 unspecified atom stereocenters. The highest BCUT2D eigenvalue weighted by atomic mass is 15.0. The van der Waals surface area contributed by atoms with Gasteiger partial charge in [-0.05, 0) is 40.6 Å². The maximum absolute atomic E-state index is 7.55. The maximum atomic E-state index is 7.55. The van der Waals surface area contributed by atoms with E-state index >= 15 is 0 Å². The predicted molar refractivity (Wildman–Crippen MR) is 106 cm³/mol. The Labute approximate surface area is 148 Å². The van der Waals surface area contributed by atoms with Crippen LogP contribution in [0.5, 0.6) is 0 Å². The molecule has 3 aromatic carbocycles. The van der Waals surface area contributed by atoms with E-state index < -0.39 is 0 Å². The molecule has 0 aliphatic rings. The molecule has 0 saturated heterocycles. The molecule has 1 heterocycles. The quantitative estimate of drug-likeness (QED) is 0.347. The number of hydrogen-bond acceptors (Lipinski definition) is 0. The van der Waals surface area contributed by atoms with E-state index in [4.69, 9.17) is 6.57 Å². The van der Waals surface area contributed by atoms with Gasteiger partial charge in [0.1, 0.15) is 0 Å². The second-order valence-corrected chi connectivity index (χ2v) is 7.44. The van der Waals surface area contributed by atoms with Crippen LogP contribution in [0.15, 0.2) is 66.7 Å². The number of benzene rings is 3. The molecule has 0 spiro atoms. The monoisotopic (exact) mass is 324 g/mol. The molecule has 0 radical (unpaired) electrons. The van der Waals surface area contributed by atoms with Crippen LogP contribution in [0.25, 0.3) is 32.3 Å². The van der Waals surface area contributed by atoms with Crippen molar-refractivity contribution >= 4 is 27.5 Å². The van der Waals surface area contributed by atoms with Crippen molar-refractivity contribution in [1.82, 2.24) is 4.57 Å². The summed E-state index contributed by atoms with van der Waals surface area (Å²) in [5.74, 6) is 0. The predicted octanol–water partition coefficient (Wildman–Crippen LogP) is 6.63. The molecule has 0 N–H and O–H groups in total. The van der Waals surface area contributed by atoms with Crippen molar-refractivity contribution in [2.75, 3.05) is 0 Å². The van der Waals surface area contributed by atoms with E-state index in [1.165, 1.54) is 5.56 Å². The van der Waals surface area contributed by atoms with Crippen molar-refractivity contribution in [3.05, 3.63) is 83.7 Å². The lowest BCUT2D eigenvalue weighted by Gasteiger charge is -2.20. The third-order valence-electron chi connectivity index (χ3n) is 4.77. The van der Waals surface area contributed by atoms with Crippen LogP contribution in [0.1, 0.15) is 26.3 Å². The van der Waals surface area contributed by atoms with Gasteiger partial charge in [0.15, 0.2) is 5.69 Å². The van der Waals surface area contributed by atoms with Crippen LogP contribution in [0.2, 0.25) is 0 Å². The van der Waals surface area contributed by atoms with Gasteiger partial charge in [0, 0.05) is 16.6 Å². The topological polar surface area (TPSA) is 9.29 Å². The summed E-state index contributed by atoms with van der Waals surface area (Å²) >= 11 is 0. The van der Waals surface area contributed by atoms with E-state index in [1.54, 1.807) is 0 Å². The Morgan fingerprint density at radius 1 is 0.840 bits per heavy atom. The van der Waals surface area contributed by atoms with Crippen LogP contribution < -0.4 is 0 Å². The molecule has 4 rings (SSSR count). The fraction of sp³-hybridized carbons (Fsp3) is 0.174. The largest absolute Gasteiger partial charge is 0.311 e. The smallest absolute Gasteiger partial charge is 0.197 e. The van der Waals surface area contributed by atoms with E-state index in [0.717, 1.165) is 27.5 Å². The Morgan fingerprint density at radius 3 is 2.32 bits per heavy atom. The molecule has 0 aliphatic heterocycles. The highest BCUT2D eigenvalue weighted by molar-refractivity contribution is 6.15. The summed E-state index contributed by atoms with van der Waals surface area (Å²) in [6.45, 7) is 14.2. The molecule has 122 valence electrons. The average molecular weight is 324 g/mol. The van der Waals surface area contributed by atoms with E-state index in [2.05, 4.69) is 78.7 Å². The SMILES string of the molecule is [C-]#[N+]c1cccc2c1c1ccccc1n2-c1cccc(C(C)(C)C)c1. The van der Waals surface area contributed by atoms with Crippen LogP contribution in [0, 0.1) is 6.57 Å². The van der Waals surface area contributed by atoms with Crippen LogP contribution in [0.3, 0.4) is 0 Å². The van der Waals surface area contributed by atoms with Crippen molar-refractivity contribution < 1.29 is 0 Å². The molecule has 0 amide bonds. The summed E-state index contributed by atoms with van der Waals surface area (Å²) in [7, 11) is 0. The standard InChI is InChI=1S/C23H20N2/c1-23(2,3)16-9-7-10-17(15-16)25-20-13-6-5-11-18(20)22-19(24-4)12-8-14-21(22)25/h5-15H,1-3H3. The summed E-state index contributed by atoms with van der Waals surface area (Å²) in [6.07, 6.45) is 0. The molecule has 0 fully saturated rings. The van der Waals surface area contributed by atoms with E-state index in [-0.39, 0.29) is 5.41 Å². The molecule has 2 heteroatoms. The normalized spacial score (nSPS) is 11.8. The highest BCUT2D eigenvalue weighted by Crippen LogP contribution is 2.38. The zero-order chi connectivity index (χ0) is 17.6. The molecule has 0 atom stereocenters. The number of aromatic nitrogens is 1. The van der Waals surface area contributed by atoms with Gasteiger partial charge in [-0.25, -0.2) is 4.85 Å². The second kappa shape index (κ2) is 5.50. The van der Waals surface area contributed by atoms with Gasteiger partial charge < -0.3 is 4.57 Å².